The Labute approximate surface area is 98.4 Å². The smallest absolute Gasteiger partial charge is 0.309 e. The first kappa shape index (κ1) is 13.1. The maximum absolute atomic E-state index is 11.5. The highest BCUT2D eigenvalue weighted by Gasteiger charge is 2.37. The van der Waals surface area contributed by atoms with Crippen molar-refractivity contribution in [2.75, 3.05) is 0 Å². The number of carbonyl (C=O) groups is 1. The molecule has 16 heavy (non-hydrogen) atoms. The molecule has 0 heterocycles. The van der Waals surface area contributed by atoms with E-state index < -0.39 is 11.4 Å². The normalized spacial score (nSPS) is 20.4. The predicted molar refractivity (Wildman–Crippen MR) is 65.1 cm³/mol. The largest absolute Gasteiger partial charge is 0.481 e. The van der Waals surface area contributed by atoms with Crippen LogP contribution in [0.5, 0.6) is 0 Å². The molecule has 0 bridgehead atoms. The van der Waals surface area contributed by atoms with Crippen LogP contribution in [-0.2, 0) is 4.79 Å². The molecule has 1 fully saturated rings. The molecule has 0 unspecified atom stereocenters. The van der Waals surface area contributed by atoms with Crippen molar-refractivity contribution in [1.29, 1.82) is 0 Å². The molecule has 0 aromatic rings. The average Bonchev–Trinajstić information content (AvgIpc) is 2.21. The highest BCUT2D eigenvalue weighted by Crippen LogP contribution is 2.38. The fourth-order valence-corrected chi connectivity index (χ4v) is 2.68. The van der Waals surface area contributed by atoms with Crippen molar-refractivity contribution in [3.05, 3.63) is 0 Å². The van der Waals surface area contributed by atoms with Crippen molar-refractivity contribution in [2.45, 2.75) is 64.2 Å². The van der Waals surface area contributed by atoms with E-state index in [1.807, 2.05) is 0 Å². The van der Waals surface area contributed by atoms with Gasteiger partial charge in [-0.3, -0.25) is 4.79 Å². The quantitative estimate of drug-likeness (QED) is 0.583. The molecule has 2 heteroatoms. The Bertz CT molecular complexity index is 254. The maximum Gasteiger partial charge on any atom is 0.309 e. The predicted octanol–water partition coefficient (Wildman–Crippen LogP) is 3.61. The zero-order valence-corrected chi connectivity index (χ0v) is 10.0. The van der Waals surface area contributed by atoms with Crippen molar-refractivity contribution < 1.29 is 9.90 Å². The zero-order chi connectivity index (χ0) is 11.9. The third-order valence-corrected chi connectivity index (χ3v) is 3.74. The summed E-state index contributed by atoms with van der Waals surface area (Å²) in [4.78, 5) is 11.5. The maximum atomic E-state index is 11.5. The third-order valence-electron chi connectivity index (χ3n) is 3.74. The molecule has 1 aliphatic carbocycles. The molecule has 90 valence electrons. The van der Waals surface area contributed by atoms with Crippen molar-refractivity contribution in [3.63, 3.8) is 0 Å². The van der Waals surface area contributed by atoms with Crippen LogP contribution in [0.25, 0.3) is 0 Å². The monoisotopic (exact) mass is 222 g/mol. The second kappa shape index (κ2) is 6.58. The van der Waals surface area contributed by atoms with Crippen LogP contribution in [0.3, 0.4) is 0 Å². The summed E-state index contributed by atoms with van der Waals surface area (Å²) in [6, 6.07) is 0. The molecule has 1 N–H and O–H groups in total. The topological polar surface area (TPSA) is 37.3 Å². The van der Waals surface area contributed by atoms with Gasteiger partial charge in [-0.05, 0) is 25.7 Å². The zero-order valence-electron chi connectivity index (χ0n) is 10.0. The first-order chi connectivity index (χ1) is 7.71. The van der Waals surface area contributed by atoms with Gasteiger partial charge in [0.2, 0.25) is 0 Å². The van der Waals surface area contributed by atoms with E-state index in [0.29, 0.717) is 6.42 Å². The highest BCUT2D eigenvalue weighted by molar-refractivity contribution is 5.74. The number of aliphatic carboxylic acids is 1. The van der Waals surface area contributed by atoms with Gasteiger partial charge in [0, 0.05) is 6.42 Å². The van der Waals surface area contributed by atoms with E-state index in [0.717, 1.165) is 38.5 Å². The second-order valence-electron chi connectivity index (χ2n) is 4.91. The van der Waals surface area contributed by atoms with E-state index in [1.165, 1.54) is 19.3 Å². The average molecular weight is 222 g/mol. The number of terminal acetylenes is 1. The van der Waals surface area contributed by atoms with Gasteiger partial charge < -0.3 is 5.11 Å². The lowest BCUT2D eigenvalue weighted by molar-refractivity contribution is -0.151. The van der Waals surface area contributed by atoms with Crippen LogP contribution < -0.4 is 0 Å². The van der Waals surface area contributed by atoms with Crippen LogP contribution >= 0.6 is 0 Å². The van der Waals surface area contributed by atoms with Gasteiger partial charge in [-0.25, -0.2) is 0 Å². The van der Waals surface area contributed by atoms with E-state index in [-0.39, 0.29) is 0 Å². The molecule has 0 aromatic heterocycles. The van der Waals surface area contributed by atoms with Gasteiger partial charge in [0.15, 0.2) is 0 Å². The van der Waals surface area contributed by atoms with Crippen LogP contribution in [0.2, 0.25) is 0 Å². The number of carboxylic acids is 1. The molecule has 0 atom stereocenters. The molecule has 1 rings (SSSR count). The van der Waals surface area contributed by atoms with E-state index in [1.54, 1.807) is 0 Å². The van der Waals surface area contributed by atoms with Crippen molar-refractivity contribution in [2.24, 2.45) is 5.41 Å². The van der Waals surface area contributed by atoms with Gasteiger partial charge in [-0.2, -0.15) is 0 Å². The summed E-state index contributed by atoms with van der Waals surface area (Å²) in [5, 5.41) is 9.45. The molecule has 0 radical (unpaired) electrons. The summed E-state index contributed by atoms with van der Waals surface area (Å²) in [6.07, 6.45) is 15.0. The van der Waals surface area contributed by atoms with Gasteiger partial charge in [0.1, 0.15) is 0 Å². The Hall–Kier alpha value is -0.970. The minimum Gasteiger partial charge on any atom is -0.481 e. The number of unbranched alkanes of at least 4 members (excludes halogenated alkanes) is 1. The van der Waals surface area contributed by atoms with Crippen molar-refractivity contribution >= 4 is 5.97 Å². The second-order valence-corrected chi connectivity index (χ2v) is 4.91. The van der Waals surface area contributed by atoms with Crippen LogP contribution in [-0.4, -0.2) is 11.1 Å². The Balaban J connectivity index is 2.60. The van der Waals surface area contributed by atoms with Gasteiger partial charge in [0.05, 0.1) is 5.41 Å². The van der Waals surface area contributed by atoms with Gasteiger partial charge >= 0.3 is 5.97 Å². The lowest BCUT2D eigenvalue weighted by Gasteiger charge is -2.31. The molecule has 1 aliphatic rings. The summed E-state index contributed by atoms with van der Waals surface area (Å²) < 4.78 is 0. The van der Waals surface area contributed by atoms with Crippen molar-refractivity contribution in [1.82, 2.24) is 0 Å². The first-order valence-electron chi connectivity index (χ1n) is 6.38. The summed E-state index contributed by atoms with van der Waals surface area (Å²) in [7, 11) is 0. The minimum atomic E-state index is -0.605. The van der Waals surface area contributed by atoms with E-state index >= 15 is 0 Å². The summed E-state index contributed by atoms with van der Waals surface area (Å²) in [6.45, 7) is 0. The molecule has 2 nitrogen and oxygen atoms in total. The fourth-order valence-electron chi connectivity index (χ4n) is 2.68. The van der Waals surface area contributed by atoms with Crippen LogP contribution in [0.1, 0.15) is 64.2 Å². The Kier molecular flexibility index (Phi) is 5.38. The van der Waals surface area contributed by atoms with Crippen LogP contribution in [0.4, 0.5) is 0 Å². The minimum absolute atomic E-state index is 0.475. The van der Waals surface area contributed by atoms with E-state index in [4.69, 9.17) is 6.42 Å². The standard InChI is InChI=1S/C14H22O2/c1-2-3-7-10-14(13(15)16)11-8-5-4-6-9-12-14/h1H,3-12H2,(H,15,16). The third kappa shape index (κ3) is 3.56. The molecular weight excluding hydrogens is 200 g/mol. The number of carboxylic acid groups (broad SMARTS) is 1. The number of rotatable bonds is 4. The molecule has 0 aromatic carbocycles. The lowest BCUT2D eigenvalue weighted by atomic mass is 9.73. The summed E-state index contributed by atoms with van der Waals surface area (Å²) in [5.74, 6) is 1.99. The summed E-state index contributed by atoms with van der Waals surface area (Å²) in [5.41, 5.74) is -0.475. The van der Waals surface area contributed by atoms with Crippen molar-refractivity contribution in [3.8, 4) is 12.3 Å². The lowest BCUT2D eigenvalue weighted by Crippen LogP contribution is -2.31. The molecule has 0 spiro atoms. The van der Waals surface area contributed by atoms with Gasteiger partial charge in [-0.1, -0.05) is 32.1 Å². The Morgan fingerprint density at radius 2 is 1.75 bits per heavy atom. The Morgan fingerprint density at radius 1 is 1.19 bits per heavy atom. The first-order valence-corrected chi connectivity index (χ1v) is 6.38. The molecule has 0 saturated heterocycles. The number of hydrogen-bond donors (Lipinski definition) is 1. The number of hydrogen-bond acceptors (Lipinski definition) is 1. The van der Waals surface area contributed by atoms with Crippen LogP contribution in [0, 0.1) is 17.8 Å². The van der Waals surface area contributed by atoms with Gasteiger partial charge in [0.25, 0.3) is 0 Å². The molecule has 1 saturated carbocycles. The van der Waals surface area contributed by atoms with E-state index in [9.17, 15) is 9.90 Å². The van der Waals surface area contributed by atoms with Crippen LogP contribution in [0.15, 0.2) is 0 Å². The molecule has 0 amide bonds. The Morgan fingerprint density at radius 3 is 2.25 bits per heavy atom. The molecule has 0 aliphatic heterocycles. The highest BCUT2D eigenvalue weighted by atomic mass is 16.4. The van der Waals surface area contributed by atoms with E-state index in [2.05, 4.69) is 5.92 Å². The molecular formula is C14H22O2. The van der Waals surface area contributed by atoms with Gasteiger partial charge in [-0.15, -0.1) is 12.3 Å². The SMILES string of the molecule is C#CCCCC1(C(=O)O)CCCCCCC1. The summed E-state index contributed by atoms with van der Waals surface area (Å²) >= 11 is 0. The fraction of sp³-hybridized carbons (Fsp3) is 0.786.